The zero-order valence-electron chi connectivity index (χ0n) is 38.8. The van der Waals surface area contributed by atoms with E-state index >= 15 is 0 Å². The van der Waals surface area contributed by atoms with Gasteiger partial charge in [-0.3, -0.25) is 9.55 Å². The normalized spacial score (nSPS) is 13.1. The number of benzene rings is 7. The molecule has 9 rings (SSSR count). The molecule has 0 aliphatic carbocycles. The summed E-state index contributed by atoms with van der Waals surface area (Å²) < 4.78 is 43.5. The number of phenols is 1. The zero-order chi connectivity index (χ0) is 45.0. The molecule has 0 aliphatic rings. The second-order valence-corrected chi connectivity index (χ2v) is 15.3. The van der Waals surface area contributed by atoms with E-state index in [1.807, 2.05) is 143 Å². The summed E-state index contributed by atoms with van der Waals surface area (Å²) in [6.45, 7) is 5.33. The average molecular weight is 965 g/mol. The van der Waals surface area contributed by atoms with E-state index in [0.717, 1.165) is 72.4 Å². The molecule has 2 aromatic heterocycles. The van der Waals surface area contributed by atoms with Crippen molar-refractivity contribution in [2.75, 3.05) is 0 Å². The Labute approximate surface area is 374 Å². The number of hydrogen-bond acceptors (Lipinski definition) is 3. The number of rotatable bonds is 9. The number of hydrogen-bond donors (Lipinski definition) is 1. The molecule has 298 valence electrons. The molecule has 0 spiro atoms. The van der Waals surface area contributed by atoms with Crippen molar-refractivity contribution in [1.82, 2.24) is 14.5 Å². The van der Waals surface area contributed by atoms with Gasteiger partial charge in [-0.25, -0.2) is 4.98 Å². The number of nitrogens with zero attached hydrogens (tertiary/aromatic N) is 3. The Bertz CT molecular complexity index is 3140. The summed E-state index contributed by atoms with van der Waals surface area (Å²) in [4.78, 5) is 10.1. The smallest absolute Gasteiger partial charge is 0.148 e. The molecule has 0 bridgehead atoms. The molecular formula is C55H46N3OPt-. The molecule has 0 aliphatic heterocycles. The van der Waals surface area contributed by atoms with Crippen LogP contribution in [0.25, 0.3) is 83.9 Å². The van der Waals surface area contributed by atoms with Crippen LogP contribution in [0.15, 0.2) is 170 Å². The fourth-order valence-corrected chi connectivity index (χ4v) is 7.97. The molecule has 0 atom stereocenters. The fraction of sp³-hybridized carbons (Fsp3) is 0.127. The summed E-state index contributed by atoms with van der Waals surface area (Å²) in [7, 11) is 0. The van der Waals surface area contributed by atoms with Crippen molar-refractivity contribution < 1.29 is 33.0 Å². The van der Waals surface area contributed by atoms with Crippen LogP contribution in [0.1, 0.15) is 63.0 Å². The Kier molecular flexibility index (Phi) is 9.83. The zero-order valence-corrected chi connectivity index (χ0v) is 36.0. The summed E-state index contributed by atoms with van der Waals surface area (Å²) >= 11 is 0. The summed E-state index contributed by atoms with van der Waals surface area (Å²) in [5.74, 6) is -1.13. The minimum atomic E-state index is -2.19. The number of aromatic nitrogens is 3. The molecule has 0 radical (unpaired) electrons. The molecule has 0 unspecified atom stereocenters. The second kappa shape index (κ2) is 17.1. The number of pyridine rings is 1. The van der Waals surface area contributed by atoms with Crippen LogP contribution in [0.3, 0.4) is 0 Å². The van der Waals surface area contributed by atoms with Crippen molar-refractivity contribution in [3.63, 3.8) is 0 Å². The molecule has 4 nitrogen and oxygen atoms in total. The Balaban J connectivity index is 0.00000576. The maximum absolute atomic E-state index is 11.3. The Morgan fingerprint density at radius 3 is 1.93 bits per heavy atom. The molecule has 5 heteroatoms. The van der Waals surface area contributed by atoms with Gasteiger partial charge in [-0.05, 0) is 94.0 Å². The number of phenolic OH excluding ortho intramolecular Hbond substituents is 1. The first-order valence-electron chi connectivity index (χ1n) is 22.3. The van der Waals surface area contributed by atoms with Crippen molar-refractivity contribution >= 4 is 11.0 Å². The van der Waals surface area contributed by atoms with E-state index in [4.69, 9.17) is 16.8 Å². The van der Waals surface area contributed by atoms with Crippen molar-refractivity contribution in [2.45, 2.75) is 46.3 Å². The van der Waals surface area contributed by atoms with Crippen LogP contribution in [0.2, 0.25) is 0 Å². The number of fused-ring (bicyclic) bond motifs is 1. The van der Waals surface area contributed by atoms with Crippen molar-refractivity contribution in [3.05, 3.63) is 193 Å². The SMILES string of the molecule is [2H]C([2H])([2H])c1ccc(-c2ccnc(-c3[c-]c(-c4cccc5c4nc(-c4ccccc4O)n5-c4ccc(-c5c(C([2H])(C)C)cccc5C([2H])(C)C)cc4)cc(-c4ccccc4)c3)c2)cc1.[Pt]. The van der Waals surface area contributed by atoms with Crippen molar-refractivity contribution in [2.24, 2.45) is 0 Å². The molecular weight excluding hydrogens is 914 g/mol. The molecule has 0 saturated heterocycles. The number of aryl methyl sites for hydroxylation is 1. The number of para-hydroxylation sites is 2. The first-order valence-corrected chi connectivity index (χ1v) is 19.8. The van der Waals surface area contributed by atoms with Crippen LogP contribution < -0.4 is 0 Å². The molecule has 0 fully saturated rings. The second-order valence-electron chi connectivity index (χ2n) is 15.3. The quantitative estimate of drug-likeness (QED) is 0.147. The third kappa shape index (κ3) is 7.76. The van der Waals surface area contributed by atoms with E-state index in [-0.39, 0.29) is 32.4 Å². The largest absolute Gasteiger partial charge is 0.507 e. The summed E-state index contributed by atoms with van der Waals surface area (Å²) in [6, 6.07) is 56.3. The van der Waals surface area contributed by atoms with Gasteiger partial charge in [0, 0.05) is 45.5 Å². The van der Waals surface area contributed by atoms with Crippen molar-refractivity contribution in [3.8, 4) is 78.6 Å². The van der Waals surface area contributed by atoms with Crippen LogP contribution in [0.4, 0.5) is 0 Å². The Morgan fingerprint density at radius 1 is 0.600 bits per heavy atom. The fourth-order valence-electron chi connectivity index (χ4n) is 7.97. The molecule has 1 N–H and O–H groups in total. The average Bonchev–Trinajstić information content (AvgIpc) is 3.68. The first-order chi connectivity index (χ1) is 30.5. The van der Waals surface area contributed by atoms with Gasteiger partial charge in [0.05, 0.1) is 16.6 Å². The first kappa shape index (κ1) is 34.5. The molecule has 2 heterocycles. The van der Waals surface area contributed by atoms with E-state index in [2.05, 4.69) is 34.9 Å². The van der Waals surface area contributed by atoms with E-state index in [1.54, 1.807) is 30.5 Å². The van der Waals surface area contributed by atoms with Crippen molar-refractivity contribution in [1.29, 1.82) is 0 Å². The van der Waals surface area contributed by atoms with Gasteiger partial charge < -0.3 is 5.11 Å². The standard InChI is InChI=1S/C55H46N3O.Pt/c1-35(2)46-16-11-17-47(36(3)4)53(46)40-25-27-45(28-26-40)58-51-19-12-18-48(54(51)57-55(58)49-15-9-10-20-52(49)59)43-31-42(38-13-7-6-8-14-38)32-44(33-43)50-34-41(29-30-56-50)39-23-21-37(5)22-24-39;/h6-32,34-36,59H,1-5H3;/q-1;/i5D3,35D,36D;. The van der Waals surface area contributed by atoms with Gasteiger partial charge in [-0.2, -0.15) is 0 Å². The van der Waals surface area contributed by atoms with Crippen LogP contribution in [-0.2, 0) is 21.1 Å². The number of aromatic hydroxyl groups is 1. The van der Waals surface area contributed by atoms with Crippen LogP contribution in [-0.4, -0.2) is 19.6 Å². The summed E-state index contributed by atoms with van der Waals surface area (Å²) in [5, 5.41) is 11.3. The van der Waals surface area contributed by atoms with Gasteiger partial charge in [0.25, 0.3) is 0 Å². The Hall–Kier alpha value is -6.35. The third-order valence-electron chi connectivity index (χ3n) is 10.9. The van der Waals surface area contributed by atoms with E-state index in [9.17, 15) is 5.11 Å². The predicted octanol–water partition coefficient (Wildman–Crippen LogP) is 14.5. The summed E-state index contributed by atoms with van der Waals surface area (Å²) in [6.07, 6.45) is 1.76. The molecule has 9 aromatic rings. The third-order valence-corrected chi connectivity index (χ3v) is 10.9. The minimum Gasteiger partial charge on any atom is -0.507 e. The van der Waals surface area contributed by atoms with E-state index < -0.39 is 18.6 Å². The number of imidazole rings is 1. The molecule has 60 heavy (non-hydrogen) atoms. The van der Waals surface area contributed by atoms with Crippen LogP contribution >= 0.6 is 0 Å². The van der Waals surface area contributed by atoms with E-state index in [0.29, 0.717) is 22.6 Å². The van der Waals surface area contributed by atoms with Crippen LogP contribution in [0.5, 0.6) is 5.75 Å². The summed E-state index contributed by atoms with van der Waals surface area (Å²) in [5.41, 5.74) is 13.6. The Morgan fingerprint density at radius 2 is 1.23 bits per heavy atom. The molecule has 7 aromatic carbocycles. The molecule has 0 amide bonds. The van der Waals surface area contributed by atoms with Gasteiger partial charge in [0.2, 0.25) is 0 Å². The van der Waals surface area contributed by atoms with Crippen LogP contribution in [0, 0.1) is 12.9 Å². The predicted molar refractivity (Wildman–Crippen MR) is 245 cm³/mol. The van der Waals surface area contributed by atoms with Gasteiger partial charge in [-0.15, -0.1) is 23.8 Å². The van der Waals surface area contributed by atoms with Gasteiger partial charge in [-0.1, -0.05) is 165 Å². The van der Waals surface area contributed by atoms with Gasteiger partial charge >= 0.3 is 0 Å². The topological polar surface area (TPSA) is 50.9 Å². The maximum Gasteiger partial charge on any atom is 0.148 e. The van der Waals surface area contributed by atoms with E-state index in [1.165, 1.54) is 0 Å². The van der Waals surface area contributed by atoms with Gasteiger partial charge in [0.1, 0.15) is 11.6 Å². The monoisotopic (exact) mass is 964 g/mol. The van der Waals surface area contributed by atoms with Gasteiger partial charge in [0.15, 0.2) is 0 Å². The maximum atomic E-state index is 11.3. The molecule has 0 saturated carbocycles. The minimum absolute atomic E-state index is 0.